The van der Waals surface area contributed by atoms with E-state index in [1.54, 1.807) is 12.1 Å². The van der Waals surface area contributed by atoms with Crippen molar-refractivity contribution in [3.05, 3.63) is 90.0 Å². The van der Waals surface area contributed by atoms with Crippen LogP contribution in [0.2, 0.25) is 0 Å². The van der Waals surface area contributed by atoms with Gasteiger partial charge in [-0.15, -0.1) is 0 Å². The van der Waals surface area contributed by atoms with Gasteiger partial charge < -0.3 is 9.80 Å². The van der Waals surface area contributed by atoms with E-state index in [2.05, 4.69) is 50.5 Å². The number of imidazole rings is 1. The molecular formula is C31H34FN5O. The fraction of sp³-hybridized carbons (Fsp3) is 0.355. The van der Waals surface area contributed by atoms with Crippen LogP contribution >= 0.6 is 0 Å². The van der Waals surface area contributed by atoms with Gasteiger partial charge in [-0.05, 0) is 74.8 Å². The molecule has 1 atom stereocenters. The highest BCUT2D eigenvalue weighted by Crippen LogP contribution is 2.26. The van der Waals surface area contributed by atoms with Gasteiger partial charge in [0, 0.05) is 44.1 Å². The quantitative estimate of drug-likeness (QED) is 0.377. The average molecular weight is 512 g/mol. The van der Waals surface area contributed by atoms with Gasteiger partial charge in [-0.1, -0.05) is 29.8 Å². The van der Waals surface area contributed by atoms with E-state index in [1.165, 1.54) is 23.4 Å². The normalized spacial score (nSPS) is 18.7. The van der Waals surface area contributed by atoms with Crippen LogP contribution in [0.15, 0.2) is 72.8 Å². The van der Waals surface area contributed by atoms with Crippen LogP contribution in [0.1, 0.15) is 24.2 Å². The second kappa shape index (κ2) is 10.6. The molecule has 3 aromatic carbocycles. The van der Waals surface area contributed by atoms with E-state index in [1.807, 2.05) is 24.3 Å². The third-order valence-electron chi connectivity index (χ3n) is 7.93. The molecule has 0 N–H and O–H groups in total. The number of halogens is 1. The first-order valence-electron chi connectivity index (χ1n) is 13.6. The Labute approximate surface area is 223 Å². The molecule has 0 bridgehead atoms. The third-order valence-corrected chi connectivity index (χ3v) is 7.93. The number of carbonyl (C=O) groups excluding carboxylic acids is 1. The molecule has 2 aliphatic rings. The number of amides is 1. The molecule has 2 saturated heterocycles. The molecule has 4 aromatic rings. The monoisotopic (exact) mass is 511 g/mol. The number of piperazine rings is 1. The Morgan fingerprint density at radius 2 is 1.61 bits per heavy atom. The van der Waals surface area contributed by atoms with Gasteiger partial charge in [-0.3, -0.25) is 14.3 Å². The number of benzene rings is 3. The summed E-state index contributed by atoms with van der Waals surface area (Å²) in [5.41, 5.74) is 5.31. The van der Waals surface area contributed by atoms with Crippen LogP contribution in [0.25, 0.3) is 16.7 Å². The summed E-state index contributed by atoms with van der Waals surface area (Å²) in [6, 6.07) is 23.3. The van der Waals surface area contributed by atoms with E-state index >= 15 is 0 Å². The van der Waals surface area contributed by atoms with E-state index in [9.17, 15) is 9.18 Å². The predicted molar refractivity (Wildman–Crippen MR) is 149 cm³/mol. The molecule has 0 unspecified atom stereocenters. The average Bonchev–Trinajstić information content (AvgIpc) is 3.31. The number of hydrogen-bond acceptors (Lipinski definition) is 4. The number of rotatable bonds is 5. The Bertz CT molecular complexity index is 1410. The van der Waals surface area contributed by atoms with E-state index < -0.39 is 0 Å². The van der Waals surface area contributed by atoms with Crippen molar-refractivity contribution >= 4 is 22.6 Å². The number of carbonyl (C=O) groups is 1. The number of anilines is 1. The van der Waals surface area contributed by atoms with Crippen LogP contribution in [0, 0.1) is 18.7 Å². The molecule has 0 radical (unpaired) electrons. The van der Waals surface area contributed by atoms with Crippen LogP contribution < -0.4 is 4.90 Å². The van der Waals surface area contributed by atoms with E-state index in [-0.39, 0.29) is 17.6 Å². The highest BCUT2D eigenvalue weighted by Gasteiger charge is 2.31. The lowest BCUT2D eigenvalue weighted by molar-refractivity contribution is -0.137. The Morgan fingerprint density at radius 3 is 2.37 bits per heavy atom. The highest BCUT2D eigenvalue weighted by atomic mass is 19.1. The fourth-order valence-electron chi connectivity index (χ4n) is 5.86. The maximum atomic E-state index is 13.6. The van der Waals surface area contributed by atoms with Gasteiger partial charge in [0.1, 0.15) is 11.6 Å². The zero-order valence-electron chi connectivity index (χ0n) is 21.9. The lowest BCUT2D eigenvalue weighted by Crippen LogP contribution is -2.52. The maximum Gasteiger partial charge on any atom is 0.227 e. The number of likely N-dealkylation sites (tertiary alicyclic amines) is 1. The molecule has 1 amide bonds. The number of para-hydroxylation sites is 2. The van der Waals surface area contributed by atoms with Crippen LogP contribution in [0.3, 0.4) is 0 Å². The number of aromatic nitrogens is 2. The molecule has 6 nitrogen and oxygen atoms in total. The van der Waals surface area contributed by atoms with Crippen LogP contribution in [0.5, 0.6) is 0 Å². The molecular weight excluding hydrogens is 477 g/mol. The zero-order valence-corrected chi connectivity index (χ0v) is 21.9. The SMILES string of the molecule is Cc1ccc(N2CCN(C(=O)[C@@H]3CCCN(Cc4nc5ccccc5n4-c4ccc(F)cc4)C3)CC2)cc1. The van der Waals surface area contributed by atoms with Crippen molar-refractivity contribution in [3.8, 4) is 5.69 Å². The van der Waals surface area contributed by atoms with Gasteiger partial charge in [0.25, 0.3) is 0 Å². The number of piperidine rings is 1. The molecule has 6 rings (SSSR count). The summed E-state index contributed by atoms with van der Waals surface area (Å²) >= 11 is 0. The summed E-state index contributed by atoms with van der Waals surface area (Å²) in [4.78, 5) is 25.2. The summed E-state index contributed by atoms with van der Waals surface area (Å²) in [6.07, 6.45) is 1.93. The predicted octanol–water partition coefficient (Wildman–Crippen LogP) is 5.03. The van der Waals surface area contributed by atoms with E-state index in [4.69, 9.17) is 4.98 Å². The zero-order chi connectivity index (χ0) is 26.1. The Kier molecular flexibility index (Phi) is 6.85. The second-order valence-corrected chi connectivity index (χ2v) is 10.6. The van der Waals surface area contributed by atoms with Crippen molar-refractivity contribution < 1.29 is 9.18 Å². The van der Waals surface area contributed by atoms with E-state index in [0.717, 1.165) is 74.7 Å². The molecule has 3 heterocycles. The van der Waals surface area contributed by atoms with Crippen molar-refractivity contribution in [2.24, 2.45) is 5.92 Å². The van der Waals surface area contributed by atoms with Gasteiger partial charge in [-0.2, -0.15) is 0 Å². The molecule has 38 heavy (non-hydrogen) atoms. The van der Waals surface area contributed by atoms with Crippen molar-refractivity contribution in [1.82, 2.24) is 19.4 Å². The first-order chi connectivity index (χ1) is 18.5. The van der Waals surface area contributed by atoms with Crippen LogP contribution in [-0.2, 0) is 11.3 Å². The van der Waals surface area contributed by atoms with Crippen molar-refractivity contribution in [2.45, 2.75) is 26.3 Å². The second-order valence-electron chi connectivity index (χ2n) is 10.6. The van der Waals surface area contributed by atoms with Gasteiger partial charge in [0.2, 0.25) is 5.91 Å². The van der Waals surface area contributed by atoms with Crippen molar-refractivity contribution in [2.75, 3.05) is 44.2 Å². The van der Waals surface area contributed by atoms with Gasteiger partial charge in [0.05, 0.1) is 23.5 Å². The topological polar surface area (TPSA) is 44.6 Å². The molecule has 196 valence electrons. The molecule has 1 aromatic heterocycles. The molecule has 2 aliphatic heterocycles. The Hall–Kier alpha value is -3.71. The van der Waals surface area contributed by atoms with Gasteiger partial charge in [-0.25, -0.2) is 9.37 Å². The van der Waals surface area contributed by atoms with Gasteiger partial charge in [0.15, 0.2) is 0 Å². The van der Waals surface area contributed by atoms with Crippen molar-refractivity contribution in [3.63, 3.8) is 0 Å². The summed E-state index contributed by atoms with van der Waals surface area (Å²) in [5, 5.41) is 0. The van der Waals surface area contributed by atoms with Crippen LogP contribution in [-0.4, -0.2) is 64.5 Å². The molecule has 7 heteroatoms. The largest absolute Gasteiger partial charge is 0.368 e. The Balaban J connectivity index is 1.14. The third kappa shape index (κ3) is 5.03. The Morgan fingerprint density at radius 1 is 0.895 bits per heavy atom. The lowest BCUT2D eigenvalue weighted by atomic mass is 9.96. The number of nitrogens with zero attached hydrogens (tertiary/aromatic N) is 5. The fourth-order valence-corrected chi connectivity index (χ4v) is 5.86. The summed E-state index contributed by atoms with van der Waals surface area (Å²) in [7, 11) is 0. The van der Waals surface area contributed by atoms with Gasteiger partial charge >= 0.3 is 0 Å². The standard InChI is InChI=1S/C31H34FN5O/c1-23-8-12-26(13-9-23)35-17-19-36(20-18-35)31(38)24-5-4-16-34(21-24)22-30-33-28-6-2-3-7-29(28)37(30)27-14-10-25(32)11-15-27/h2-3,6-15,24H,4-5,16-22H2,1H3/t24-/m1/s1. The summed E-state index contributed by atoms with van der Waals surface area (Å²) < 4.78 is 15.8. The molecule has 0 spiro atoms. The molecule has 0 aliphatic carbocycles. The first kappa shape index (κ1) is 24.6. The van der Waals surface area contributed by atoms with E-state index in [0.29, 0.717) is 6.54 Å². The highest BCUT2D eigenvalue weighted by molar-refractivity contribution is 5.80. The molecule has 2 fully saturated rings. The minimum absolute atomic E-state index is 0.0123. The smallest absolute Gasteiger partial charge is 0.227 e. The van der Waals surface area contributed by atoms with Crippen molar-refractivity contribution in [1.29, 1.82) is 0 Å². The first-order valence-corrected chi connectivity index (χ1v) is 13.6. The molecule has 0 saturated carbocycles. The van der Waals surface area contributed by atoms with Crippen LogP contribution in [0.4, 0.5) is 10.1 Å². The lowest BCUT2D eigenvalue weighted by Gasteiger charge is -2.39. The number of aryl methyl sites for hydroxylation is 1. The maximum absolute atomic E-state index is 13.6. The minimum Gasteiger partial charge on any atom is -0.368 e. The summed E-state index contributed by atoms with van der Waals surface area (Å²) in [5.74, 6) is 0.957. The number of hydrogen-bond donors (Lipinski definition) is 0. The number of fused-ring (bicyclic) bond motifs is 1. The summed E-state index contributed by atoms with van der Waals surface area (Å²) in [6.45, 7) is 7.71. The minimum atomic E-state index is -0.253.